The Morgan fingerprint density at radius 2 is 2.22 bits per heavy atom. The SMILES string of the molecule is CN(Cc1ccco1)c1ccc(C(N)=S)c(Cl)c1. The Kier molecular flexibility index (Phi) is 3.89. The van der Waals surface area contributed by atoms with Crippen molar-refractivity contribution in [3.05, 3.63) is 52.9 Å². The Morgan fingerprint density at radius 1 is 1.44 bits per heavy atom. The van der Waals surface area contributed by atoms with Gasteiger partial charge in [-0.1, -0.05) is 23.8 Å². The van der Waals surface area contributed by atoms with Crippen LogP contribution in [0, 0.1) is 0 Å². The lowest BCUT2D eigenvalue weighted by Crippen LogP contribution is -2.16. The molecule has 0 aliphatic heterocycles. The summed E-state index contributed by atoms with van der Waals surface area (Å²) in [5.41, 5.74) is 7.25. The molecule has 0 atom stereocenters. The Labute approximate surface area is 116 Å². The number of halogens is 1. The molecule has 1 heterocycles. The van der Waals surface area contributed by atoms with Gasteiger partial charge >= 0.3 is 0 Å². The molecule has 3 nitrogen and oxygen atoms in total. The molecule has 0 amide bonds. The lowest BCUT2D eigenvalue weighted by molar-refractivity contribution is 0.507. The summed E-state index contributed by atoms with van der Waals surface area (Å²) in [4.78, 5) is 2.34. The number of nitrogens with zero attached hydrogens (tertiary/aromatic N) is 1. The normalized spacial score (nSPS) is 10.3. The first kappa shape index (κ1) is 12.9. The summed E-state index contributed by atoms with van der Waals surface area (Å²) in [7, 11) is 1.97. The largest absolute Gasteiger partial charge is 0.467 e. The molecule has 1 aromatic heterocycles. The molecule has 0 bridgehead atoms. The molecule has 5 heteroatoms. The first-order valence-corrected chi connectivity index (χ1v) is 6.19. The number of benzene rings is 1. The number of thiocarbonyl (C=S) groups is 1. The van der Waals surface area contributed by atoms with Crippen LogP contribution in [0.5, 0.6) is 0 Å². The maximum Gasteiger partial charge on any atom is 0.123 e. The van der Waals surface area contributed by atoms with Gasteiger partial charge in [-0.15, -0.1) is 0 Å². The van der Waals surface area contributed by atoms with Crippen molar-refractivity contribution in [2.24, 2.45) is 5.73 Å². The molecule has 1 aromatic carbocycles. The van der Waals surface area contributed by atoms with E-state index in [9.17, 15) is 0 Å². The third-order valence-electron chi connectivity index (χ3n) is 2.63. The van der Waals surface area contributed by atoms with Crippen molar-refractivity contribution in [1.82, 2.24) is 0 Å². The Balaban J connectivity index is 2.18. The smallest absolute Gasteiger partial charge is 0.123 e. The molecule has 2 N–H and O–H groups in total. The number of hydrogen-bond acceptors (Lipinski definition) is 3. The number of furan rings is 1. The molecule has 2 rings (SSSR count). The van der Waals surface area contributed by atoms with E-state index in [1.54, 1.807) is 6.26 Å². The van der Waals surface area contributed by atoms with Crippen LogP contribution in [0.3, 0.4) is 0 Å². The molecule has 0 saturated heterocycles. The highest BCUT2D eigenvalue weighted by molar-refractivity contribution is 7.80. The highest BCUT2D eigenvalue weighted by atomic mass is 35.5. The molecule has 0 fully saturated rings. The lowest BCUT2D eigenvalue weighted by Gasteiger charge is -2.18. The number of hydrogen-bond donors (Lipinski definition) is 1. The van der Waals surface area contributed by atoms with E-state index in [1.165, 1.54) is 0 Å². The van der Waals surface area contributed by atoms with Gasteiger partial charge in [0.15, 0.2) is 0 Å². The fraction of sp³-hybridized carbons (Fsp3) is 0.154. The Morgan fingerprint density at radius 3 is 2.78 bits per heavy atom. The van der Waals surface area contributed by atoms with E-state index in [1.807, 2.05) is 42.3 Å². The molecule has 2 aromatic rings. The van der Waals surface area contributed by atoms with Gasteiger partial charge in [-0.3, -0.25) is 0 Å². The minimum atomic E-state index is 0.306. The second-order valence-corrected chi connectivity index (χ2v) is 4.81. The van der Waals surface area contributed by atoms with Gasteiger partial charge < -0.3 is 15.1 Å². The van der Waals surface area contributed by atoms with Crippen molar-refractivity contribution in [2.75, 3.05) is 11.9 Å². The van der Waals surface area contributed by atoms with Crippen LogP contribution in [-0.4, -0.2) is 12.0 Å². The summed E-state index contributed by atoms with van der Waals surface area (Å²) in [5.74, 6) is 0.895. The first-order valence-electron chi connectivity index (χ1n) is 5.41. The van der Waals surface area contributed by atoms with Gasteiger partial charge in [-0.05, 0) is 30.3 Å². The zero-order chi connectivity index (χ0) is 13.1. The van der Waals surface area contributed by atoms with Crippen molar-refractivity contribution < 1.29 is 4.42 Å². The number of rotatable bonds is 4. The predicted octanol–water partition coefficient (Wildman–Crippen LogP) is 3.20. The van der Waals surface area contributed by atoms with E-state index in [0.717, 1.165) is 11.4 Å². The van der Waals surface area contributed by atoms with Crippen LogP contribution in [0.4, 0.5) is 5.69 Å². The number of nitrogens with two attached hydrogens (primary N) is 1. The topological polar surface area (TPSA) is 42.4 Å². The van der Waals surface area contributed by atoms with E-state index >= 15 is 0 Å². The van der Waals surface area contributed by atoms with Crippen molar-refractivity contribution in [1.29, 1.82) is 0 Å². The van der Waals surface area contributed by atoms with Crippen molar-refractivity contribution >= 4 is 34.5 Å². The highest BCUT2D eigenvalue weighted by Crippen LogP contribution is 2.24. The molecule has 0 aliphatic rings. The summed E-state index contributed by atoms with van der Waals surface area (Å²) >= 11 is 11.0. The predicted molar refractivity (Wildman–Crippen MR) is 78.2 cm³/mol. The average molecular weight is 281 g/mol. The van der Waals surface area contributed by atoms with Gasteiger partial charge in [0, 0.05) is 18.3 Å². The fourth-order valence-electron chi connectivity index (χ4n) is 1.67. The van der Waals surface area contributed by atoms with Crippen molar-refractivity contribution in [2.45, 2.75) is 6.54 Å². The summed E-state index contributed by atoms with van der Waals surface area (Å²) in [6.45, 7) is 0.676. The van der Waals surface area contributed by atoms with Crippen LogP contribution >= 0.6 is 23.8 Å². The summed E-state index contributed by atoms with van der Waals surface area (Å²) < 4.78 is 5.30. The minimum Gasteiger partial charge on any atom is -0.467 e. The molecular weight excluding hydrogens is 268 g/mol. The average Bonchev–Trinajstić information content (AvgIpc) is 2.81. The van der Waals surface area contributed by atoms with Gasteiger partial charge in [0.1, 0.15) is 10.7 Å². The van der Waals surface area contributed by atoms with Crippen molar-refractivity contribution in [3.8, 4) is 0 Å². The van der Waals surface area contributed by atoms with Crippen molar-refractivity contribution in [3.63, 3.8) is 0 Å². The molecule has 0 unspecified atom stereocenters. The van der Waals surface area contributed by atoms with E-state index in [0.29, 0.717) is 22.1 Å². The second kappa shape index (κ2) is 5.42. The van der Waals surface area contributed by atoms with E-state index in [-0.39, 0.29) is 0 Å². The van der Waals surface area contributed by atoms with Gasteiger partial charge in [0.05, 0.1) is 17.8 Å². The summed E-state index contributed by atoms with van der Waals surface area (Å²) in [6, 6.07) is 9.41. The van der Waals surface area contributed by atoms with Crippen LogP contribution in [-0.2, 0) is 6.54 Å². The van der Waals surface area contributed by atoms with Crippen LogP contribution in [0.2, 0.25) is 5.02 Å². The first-order chi connectivity index (χ1) is 8.58. The highest BCUT2D eigenvalue weighted by Gasteiger charge is 2.08. The molecule has 0 spiro atoms. The molecule has 0 saturated carbocycles. The zero-order valence-electron chi connectivity index (χ0n) is 9.89. The van der Waals surface area contributed by atoms with Crippen LogP contribution in [0.1, 0.15) is 11.3 Å². The van der Waals surface area contributed by atoms with E-state index in [2.05, 4.69) is 0 Å². The third kappa shape index (κ3) is 2.83. The van der Waals surface area contributed by atoms with Crippen LogP contribution in [0.15, 0.2) is 41.0 Å². The maximum absolute atomic E-state index is 6.13. The Hall–Kier alpha value is -1.52. The number of anilines is 1. The summed E-state index contributed by atoms with van der Waals surface area (Å²) in [5, 5.41) is 0.561. The molecular formula is C13H13ClN2OS. The molecule has 18 heavy (non-hydrogen) atoms. The third-order valence-corrected chi connectivity index (χ3v) is 3.16. The quantitative estimate of drug-likeness (QED) is 0.874. The maximum atomic E-state index is 6.13. The second-order valence-electron chi connectivity index (χ2n) is 3.96. The summed E-state index contributed by atoms with van der Waals surface area (Å²) in [6.07, 6.45) is 1.66. The van der Waals surface area contributed by atoms with Gasteiger partial charge in [-0.25, -0.2) is 0 Å². The van der Waals surface area contributed by atoms with Gasteiger partial charge in [-0.2, -0.15) is 0 Å². The van der Waals surface area contributed by atoms with Crippen LogP contribution in [0.25, 0.3) is 0 Å². The Bertz CT molecular complexity index is 554. The minimum absolute atomic E-state index is 0.306. The van der Waals surface area contributed by atoms with Gasteiger partial charge in [0.25, 0.3) is 0 Å². The monoisotopic (exact) mass is 280 g/mol. The van der Waals surface area contributed by atoms with Gasteiger partial charge in [0.2, 0.25) is 0 Å². The van der Waals surface area contributed by atoms with E-state index < -0.39 is 0 Å². The van der Waals surface area contributed by atoms with Crippen LogP contribution < -0.4 is 10.6 Å². The van der Waals surface area contributed by atoms with E-state index in [4.69, 9.17) is 34.0 Å². The standard InChI is InChI=1S/C13H13ClN2OS/c1-16(8-10-3-2-6-17-10)9-4-5-11(13(15)18)12(14)7-9/h2-7H,8H2,1H3,(H2,15,18). The fourth-order valence-corrected chi connectivity index (χ4v) is 2.18. The zero-order valence-corrected chi connectivity index (χ0v) is 11.5. The molecule has 0 aliphatic carbocycles. The molecule has 0 radical (unpaired) electrons. The lowest BCUT2D eigenvalue weighted by atomic mass is 10.2. The molecule has 94 valence electrons.